The predicted molar refractivity (Wildman–Crippen MR) is 150 cm³/mol. The topological polar surface area (TPSA) is 0 Å². The molecular weight excluding hydrogens is 428 g/mol. The van der Waals surface area contributed by atoms with E-state index >= 15 is 0 Å². The van der Waals surface area contributed by atoms with Crippen molar-refractivity contribution in [2.75, 3.05) is 0 Å². The van der Waals surface area contributed by atoms with E-state index in [9.17, 15) is 0 Å². The van der Waals surface area contributed by atoms with Gasteiger partial charge in [-0.05, 0) is 62.9 Å². The number of benzene rings is 6. The Morgan fingerprint density at radius 2 is 1.18 bits per heavy atom. The maximum absolute atomic E-state index is 2.35. The minimum Gasteiger partial charge on any atom is -0.135 e. The first-order valence-electron chi connectivity index (χ1n) is 11.7. The van der Waals surface area contributed by atoms with Gasteiger partial charge in [0, 0.05) is 20.2 Å². The molecule has 34 heavy (non-hydrogen) atoms. The highest BCUT2D eigenvalue weighted by molar-refractivity contribution is 7.26. The molecule has 0 radical (unpaired) electrons. The molecule has 7 aromatic rings. The highest BCUT2D eigenvalue weighted by Gasteiger charge is 2.12. The molecule has 0 amide bonds. The first-order chi connectivity index (χ1) is 16.8. The van der Waals surface area contributed by atoms with Crippen LogP contribution in [0.2, 0.25) is 0 Å². The summed E-state index contributed by atoms with van der Waals surface area (Å²) in [5.74, 6) is 0. The van der Waals surface area contributed by atoms with Gasteiger partial charge in [-0.25, -0.2) is 0 Å². The van der Waals surface area contributed by atoms with Crippen LogP contribution in [0.1, 0.15) is 5.56 Å². The highest BCUT2D eigenvalue weighted by Crippen LogP contribution is 2.41. The third-order valence-corrected chi connectivity index (χ3v) is 8.15. The fourth-order valence-electron chi connectivity index (χ4n) is 5.26. The lowest BCUT2D eigenvalue weighted by Crippen LogP contribution is -1.86. The normalized spacial score (nSPS) is 11.7. The lowest BCUT2D eigenvalue weighted by Gasteiger charge is -2.13. The molecular formula is C33H22S. The second-order valence-corrected chi connectivity index (χ2v) is 10.1. The van der Waals surface area contributed by atoms with Gasteiger partial charge in [0.2, 0.25) is 0 Å². The molecule has 0 saturated heterocycles. The number of aryl methyl sites for hydroxylation is 1. The van der Waals surface area contributed by atoms with Crippen molar-refractivity contribution in [2.45, 2.75) is 6.92 Å². The number of hydrogen-bond acceptors (Lipinski definition) is 1. The van der Waals surface area contributed by atoms with E-state index in [4.69, 9.17) is 0 Å². The highest BCUT2D eigenvalue weighted by atomic mass is 32.1. The molecule has 0 unspecified atom stereocenters. The molecule has 0 bridgehead atoms. The monoisotopic (exact) mass is 450 g/mol. The van der Waals surface area contributed by atoms with Crippen LogP contribution in [0.25, 0.3) is 64.0 Å². The van der Waals surface area contributed by atoms with Crippen LogP contribution in [0.15, 0.2) is 115 Å². The van der Waals surface area contributed by atoms with Crippen molar-refractivity contribution in [1.82, 2.24) is 0 Å². The van der Waals surface area contributed by atoms with Crippen LogP contribution in [0.4, 0.5) is 0 Å². The second-order valence-electron chi connectivity index (χ2n) is 9.05. The van der Waals surface area contributed by atoms with Gasteiger partial charge in [-0.2, -0.15) is 0 Å². The van der Waals surface area contributed by atoms with Crippen LogP contribution in [0, 0.1) is 6.92 Å². The van der Waals surface area contributed by atoms with Crippen molar-refractivity contribution in [1.29, 1.82) is 0 Å². The third kappa shape index (κ3) is 2.98. The fraction of sp³-hybridized carbons (Fsp3) is 0.0303. The Kier molecular flexibility index (Phi) is 4.33. The maximum atomic E-state index is 2.35. The molecule has 1 aromatic heterocycles. The first-order valence-corrected chi connectivity index (χ1v) is 12.5. The zero-order chi connectivity index (χ0) is 22.6. The molecule has 0 spiro atoms. The van der Waals surface area contributed by atoms with Crippen LogP contribution in [0.5, 0.6) is 0 Å². The molecule has 1 heteroatoms. The SMILES string of the molecule is Cc1ccc2c(c1)c(-c1ccc(-c3cccc4c3sc3ccccc34)cc1)cc1ccccc12. The molecule has 0 aliphatic carbocycles. The van der Waals surface area contributed by atoms with Gasteiger partial charge >= 0.3 is 0 Å². The Morgan fingerprint density at radius 3 is 2.03 bits per heavy atom. The summed E-state index contributed by atoms with van der Waals surface area (Å²) in [4.78, 5) is 0. The summed E-state index contributed by atoms with van der Waals surface area (Å²) < 4.78 is 2.71. The van der Waals surface area contributed by atoms with Crippen molar-refractivity contribution >= 4 is 53.1 Å². The third-order valence-electron chi connectivity index (χ3n) is 6.93. The predicted octanol–water partition coefficient (Wildman–Crippen LogP) is 10.0. The Bertz CT molecular complexity index is 1850. The number of thiophene rings is 1. The van der Waals surface area contributed by atoms with E-state index < -0.39 is 0 Å². The fourth-order valence-corrected chi connectivity index (χ4v) is 6.50. The minimum atomic E-state index is 1.26. The molecule has 0 aliphatic heterocycles. The van der Waals surface area contributed by atoms with E-state index in [1.807, 2.05) is 11.3 Å². The molecule has 0 atom stereocenters. The van der Waals surface area contributed by atoms with Crippen molar-refractivity contribution in [3.05, 3.63) is 121 Å². The largest absolute Gasteiger partial charge is 0.135 e. The van der Waals surface area contributed by atoms with Crippen LogP contribution in [0.3, 0.4) is 0 Å². The van der Waals surface area contributed by atoms with Crippen molar-refractivity contribution in [3.63, 3.8) is 0 Å². The first kappa shape index (κ1) is 19.5. The molecule has 0 saturated carbocycles. The van der Waals surface area contributed by atoms with Gasteiger partial charge in [0.15, 0.2) is 0 Å². The molecule has 0 aliphatic rings. The smallest absolute Gasteiger partial charge is 0.0433 e. The number of rotatable bonds is 2. The molecule has 0 fully saturated rings. The number of fused-ring (bicyclic) bond motifs is 6. The molecule has 0 nitrogen and oxygen atoms in total. The lowest BCUT2D eigenvalue weighted by molar-refractivity contribution is 1.51. The maximum Gasteiger partial charge on any atom is 0.0433 e. The van der Waals surface area contributed by atoms with Crippen LogP contribution in [-0.4, -0.2) is 0 Å². The summed E-state index contributed by atoms with van der Waals surface area (Å²) in [6.07, 6.45) is 0. The molecule has 1 heterocycles. The molecule has 160 valence electrons. The summed E-state index contributed by atoms with van der Waals surface area (Å²) >= 11 is 1.89. The second kappa shape index (κ2) is 7.55. The van der Waals surface area contributed by atoms with Gasteiger partial charge in [-0.3, -0.25) is 0 Å². The minimum absolute atomic E-state index is 1.26. The molecule has 6 aromatic carbocycles. The van der Waals surface area contributed by atoms with Crippen LogP contribution < -0.4 is 0 Å². The summed E-state index contributed by atoms with van der Waals surface area (Å²) in [5.41, 5.74) is 6.42. The van der Waals surface area contributed by atoms with E-state index in [2.05, 4.69) is 122 Å². The van der Waals surface area contributed by atoms with Gasteiger partial charge in [0.05, 0.1) is 0 Å². The van der Waals surface area contributed by atoms with Gasteiger partial charge in [-0.1, -0.05) is 109 Å². The van der Waals surface area contributed by atoms with Gasteiger partial charge in [0.1, 0.15) is 0 Å². The van der Waals surface area contributed by atoms with E-state index in [-0.39, 0.29) is 0 Å². The Morgan fingerprint density at radius 1 is 0.471 bits per heavy atom. The number of hydrogen-bond donors (Lipinski definition) is 0. The average Bonchev–Trinajstić information content (AvgIpc) is 3.27. The molecule has 7 rings (SSSR count). The summed E-state index contributed by atoms with van der Waals surface area (Å²) in [7, 11) is 0. The van der Waals surface area contributed by atoms with E-state index in [0.29, 0.717) is 0 Å². The van der Waals surface area contributed by atoms with Gasteiger partial charge in [0.25, 0.3) is 0 Å². The zero-order valence-electron chi connectivity index (χ0n) is 18.9. The summed E-state index contributed by atoms with van der Waals surface area (Å²) in [5, 5.41) is 7.93. The van der Waals surface area contributed by atoms with Gasteiger partial charge in [-0.15, -0.1) is 11.3 Å². The van der Waals surface area contributed by atoms with E-state index in [1.165, 1.54) is 69.5 Å². The van der Waals surface area contributed by atoms with E-state index in [0.717, 1.165) is 0 Å². The Hall–Kier alpha value is -3.94. The van der Waals surface area contributed by atoms with E-state index in [1.54, 1.807) is 0 Å². The van der Waals surface area contributed by atoms with Crippen molar-refractivity contribution in [3.8, 4) is 22.3 Å². The van der Waals surface area contributed by atoms with Crippen molar-refractivity contribution in [2.24, 2.45) is 0 Å². The Balaban J connectivity index is 1.41. The van der Waals surface area contributed by atoms with Crippen LogP contribution >= 0.6 is 11.3 Å². The van der Waals surface area contributed by atoms with Gasteiger partial charge < -0.3 is 0 Å². The zero-order valence-corrected chi connectivity index (χ0v) is 19.7. The summed E-state index contributed by atoms with van der Waals surface area (Å²) in [6, 6.07) is 42.4. The quantitative estimate of drug-likeness (QED) is 0.230. The summed E-state index contributed by atoms with van der Waals surface area (Å²) in [6.45, 7) is 2.17. The Labute approximate surface area is 202 Å². The standard InChI is InChI=1S/C33H22S/c1-21-13-18-27-25-8-3-2-7-24(25)20-30(31(27)19-21)23-16-14-22(15-17-23)26-10-6-11-29-28-9-4-5-12-32(28)34-33(26)29/h2-20H,1H3. The molecule has 0 N–H and O–H groups in total. The van der Waals surface area contributed by atoms with Crippen molar-refractivity contribution < 1.29 is 0 Å². The lowest BCUT2D eigenvalue weighted by atomic mass is 9.91. The average molecular weight is 451 g/mol. The van der Waals surface area contributed by atoms with Crippen LogP contribution in [-0.2, 0) is 0 Å².